The number of carboxylic acids is 1. The van der Waals surface area contributed by atoms with E-state index >= 15 is 0 Å². The predicted molar refractivity (Wildman–Crippen MR) is 102 cm³/mol. The van der Waals surface area contributed by atoms with Gasteiger partial charge in [-0.25, -0.2) is 18.0 Å². The largest absolute Gasteiger partial charge is 0.477 e. The van der Waals surface area contributed by atoms with Crippen molar-refractivity contribution in [3.8, 4) is 0 Å². The molecule has 0 saturated heterocycles. The Hall–Kier alpha value is -2.93. The number of halogens is 3. The summed E-state index contributed by atoms with van der Waals surface area (Å²) in [5.74, 6) is -2.09. The fourth-order valence-electron chi connectivity index (χ4n) is 2.78. The van der Waals surface area contributed by atoms with Crippen molar-refractivity contribution in [2.75, 3.05) is 5.75 Å². The standard InChI is InChI=1S/C17H13F3N2O6S2/c1-21-14-11(8-12(29-14)15(24)25)13(23)22(16(21)26)5-6-30(27,28)10-4-2-3-9(7-10)17(18,19)20/h2-4,7-8H,5-6H2,1H3,(H,24,25). The molecule has 30 heavy (non-hydrogen) atoms. The Morgan fingerprint density at radius 3 is 2.47 bits per heavy atom. The molecular formula is C17H13F3N2O6S2. The molecule has 0 unspecified atom stereocenters. The van der Waals surface area contributed by atoms with Crippen LogP contribution in [-0.4, -0.2) is 34.4 Å². The van der Waals surface area contributed by atoms with Gasteiger partial charge >= 0.3 is 17.8 Å². The molecule has 0 bridgehead atoms. The molecule has 13 heteroatoms. The summed E-state index contributed by atoms with van der Waals surface area (Å²) >= 11 is 0.719. The monoisotopic (exact) mass is 462 g/mol. The lowest BCUT2D eigenvalue weighted by Crippen LogP contribution is -2.40. The minimum atomic E-state index is -4.73. The van der Waals surface area contributed by atoms with Crippen molar-refractivity contribution in [1.82, 2.24) is 9.13 Å². The second kappa shape index (κ2) is 7.40. The normalized spacial score (nSPS) is 12.4. The van der Waals surface area contributed by atoms with Gasteiger partial charge in [-0.2, -0.15) is 13.2 Å². The smallest absolute Gasteiger partial charge is 0.416 e. The molecule has 0 amide bonds. The molecule has 0 saturated carbocycles. The van der Waals surface area contributed by atoms with Crippen molar-refractivity contribution in [1.29, 1.82) is 0 Å². The van der Waals surface area contributed by atoms with Crippen molar-refractivity contribution in [3.63, 3.8) is 0 Å². The Bertz CT molecular complexity index is 1380. The van der Waals surface area contributed by atoms with E-state index in [4.69, 9.17) is 5.11 Å². The highest BCUT2D eigenvalue weighted by atomic mass is 32.2. The lowest BCUT2D eigenvalue weighted by Gasteiger charge is -2.11. The van der Waals surface area contributed by atoms with Crippen LogP contribution < -0.4 is 11.2 Å². The molecule has 0 aliphatic rings. The van der Waals surface area contributed by atoms with E-state index in [1.54, 1.807) is 0 Å². The van der Waals surface area contributed by atoms with Gasteiger partial charge in [0.1, 0.15) is 9.71 Å². The van der Waals surface area contributed by atoms with Crippen molar-refractivity contribution < 1.29 is 31.5 Å². The SMILES string of the molecule is Cn1c(=O)n(CCS(=O)(=O)c2cccc(C(F)(F)F)c2)c(=O)c2cc(C(=O)O)sc21. The maximum Gasteiger partial charge on any atom is 0.416 e. The zero-order valence-corrected chi connectivity index (χ0v) is 16.8. The number of alkyl halides is 3. The van der Waals surface area contributed by atoms with E-state index in [9.17, 15) is 36.0 Å². The molecule has 8 nitrogen and oxygen atoms in total. The summed E-state index contributed by atoms with van der Waals surface area (Å²) in [5.41, 5.74) is -2.89. The topological polar surface area (TPSA) is 115 Å². The third kappa shape index (κ3) is 3.89. The van der Waals surface area contributed by atoms with E-state index in [-0.39, 0.29) is 15.1 Å². The molecule has 3 rings (SSSR count). The lowest BCUT2D eigenvalue weighted by atomic mass is 10.2. The van der Waals surface area contributed by atoms with Crippen LogP contribution in [0.1, 0.15) is 15.2 Å². The molecule has 0 radical (unpaired) electrons. The number of hydrogen-bond donors (Lipinski definition) is 1. The van der Waals surface area contributed by atoms with Crippen LogP contribution in [0, 0.1) is 0 Å². The summed E-state index contributed by atoms with van der Waals surface area (Å²) < 4.78 is 65.1. The summed E-state index contributed by atoms with van der Waals surface area (Å²) in [6, 6.07) is 4.24. The third-order valence-corrected chi connectivity index (χ3v) is 7.22. The molecule has 0 aliphatic carbocycles. The minimum Gasteiger partial charge on any atom is -0.477 e. The predicted octanol–water partition coefficient (Wildman–Crippen LogP) is 1.95. The Morgan fingerprint density at radius 1 is 1.20 bits per heavy atom. The van der Waals surface area contributed by atoms with Crippen LogP contribution in [-0.2, 0) is 29.6 Å². The van der Waals surface area contributed by atoms with E-state index in [2.05, 4.69) is 0 Å². The highest BCUT2D eigenvalue weighted by Crippen LogP contribution is 2.30. The van der Waals surface area contributed by atoms with Crippen molar-refractivity contribution in [2.24, 2.45) is 7.05 Å². The second-order valence-corrected chi connectivity index (χ2v) is 9.42. The van der Waals surface area contributed by atoms with Crippen molar-refractivity contribution >= 4 is 37.4 Å². The van der Waals surface area contributed by atoms with E-state index in [0.717, 1.165) is 40.2 Å². The number of rotatable bonds is 5. The van der Waals surface area contributed by atoms with Crippen LogP contribution in [0.15, 0.2) is 44.8 Å². The molecule has 0 aliphatic heterocycles. The molecule has 0 fully saturated rings. The van der Waals surface area contributed by atoms with Crippen LogP contribution in [0.3, 0.4) is 0 Å². The first-order valence-corrected chi connectivity index (χ1v) is 10.7. The van der Waals surface area contributed by atoms with Gasteiger partial charge in [-0.1, -0.05) is 6.07 Å². The number of aryl methyl sites for hydroxylation is 1. The van der Waals surface area contributed by atoms with Crippen LogP contribution in [0.5, 0.6) is 0 Å². The zero-order valence-electron chi connectivity index (χ0n) is 15.1. The first-order valence-electron chi connectivity index (χ1n) is 8.19. The maximum absolute atomic E-state index is 12.8. The van der Waals surface area contributed by atoms with Crippen LogP contribution in [0.2, 0.25) is 0 Å². The number of hydrogen-bond acceptors (Lipinski definition) is 6. The summed E-state index contributed by atoms with van der Waals surface area (Å²) in [6.45, 7) is -0.613. The number of sulfone groups is 1. The lowest BCUT2D eigenvalue weighted by molar-refractivity contribution is -0.137. The van der Waals surface area contributed by atoms with Gasteiger partial charge in [0, 0.05) is 13.6 Å². The van der Waals surface area contributed by atoms with E-state index in [1.165, 1.54) is 7.05 Å². The van der Waals surface area contributed by atoms with Gasteiger partial charge in [-0.3, -0.25) is 13.9 Å². The highest BCUT2D eigenvalue weighted by Gasteiger charge is 2.31. The number of benzene rings is 1. The van der Waals surface area contributed by atoms with Crippen LogP contribution in [0.25, 0.3) is 10.2 Å². The molecule has 160 valence electrons. The average Bonchev–Trinajstić information content (AvgIpc) is 3.12. The van der Waals surface area contributed by atoms with E-state index < -0.39 is 56.0 Å². The Balaban J connectivity index is 2.00. The number of fused-ring (bicyclic) bond motifs is 1. The molecule has 0 atom stereocenters. The molecule has 1 N–H and O–H groups in total. The number of carboxylic acid groups (broad SMARTS) is 1. The van der Waals surface area contributed by atoms with E-state index in [1.807, 2.05) is 0 Å². The molecule has 0 spiro atoms. The first kappa shape index (κ1) is 21.8. The molecule has 3 aromatic rings. The fourth-order valence-corrected chi connectivity index (χ4v) is 4.98. The fraction of sp³-hybridized carbons (Fsp3) is 0.235. The number of aromatic nitrogens is 2. The van der Waals surface area contributed by atoms with Crippen molar-refractivity contribution in [3.05, 3.63) is 61.6 Å². The first-order chi connectivity index (χ1) is 13.8. The van der Waals surface area contributed by atoms with Crippen LogP contribution >= 0.6 is 11.3 Å². The summed E-state index contributed by atoms with van der Waals surface area (Å²) in [4.78, 5) is 35.5. The Labute approximate surface area is 170 Å². The highest BCUT2D eigenvalue weighted by molar-refractivity contribution is 7.91. The van der Waals surface area contributed by atoms with E-state index in [0.29, 0.717) is 10.6 Å². The van der Waals surface area contributed by atoms with Gasteiger partial charge in [0.15, 0.2) is 9.84 Å². The Morgan fingerprint density at radius 2 is 1.87 bits per heavy atom. The van der Waals surface area contributed by atoms with Gasteiger partial charge in [-0.05, 0) is 24.3 Å². The number of aromatic carboxylic acids is 1. The zero-order chi connectivity index (χ0) is 22.4. The summed E-state index contributed by atoms with van der Waals surface area (Å²) in [5, 5.41) is 9.00. The average molecular weight is 462 g/mol. The minimum absolute atomic E-state index is 0.0732. The van der Waals surface area contributed by atoms with Crippen LogP contribution in [0.4, 0.5) is 13.2 Å². The van der Waals surface area contributed by atoms with Gasteiger partial charge in [-0.15, -0.1) is 11.3 Å². The number of carbonyl (C=O) groups is 1. The van der Waals surface area contributed by atoms with Gasteiger partial charge < -0.3 is 5.11 Å². The molecular weight excluding hydrogens is 449 g/mol. The number of nitrogens with zero attached hydrogens (tertiary/aromatic N) is 2. The molecule has 2 aromatic heterocycles. The maximum atomic E-state index is 12.8. The van der Waals surface area contributed by atoms with Gasteiger partial charge in [0.05, 0.1) is 21.6 Å². The Kier molecular flexibility index (Phi) is 5.37. The van der Waals surface area contributed by atoms with Gasteiger partial charge in [0.2, 0.25) is 0 Å². The second-order valence-electron chi connectivity index (χ2n) is 6.28. The molecule has 2 heterocycles. The van der Waals surface area contributed by atoms with Crippen molar-refractivity contribution in [2.45, 2.75) is 17.6 Å². The van der Waals surface area contributed by atoms with Gasteiger partial charge in [0.25, 0.3) is 5.56 Å². The molecule has 1 aromatic carbocycles. The number of thiophene rings is 1. The third-order valence-electron chi connectivity index (χ3n) is 4.33. The summed E-state index contributed by atoms with van der Waals surface area (Å²) in [6.07, 6.45) is -4.73. The summed E-state index contributed by atoms with van der Waals surface area (Å²) in [7, 11) is -2.95. The quantitative estimate of drug-likeness (QED) is 0.620.